The number of likely N-dealkylation sites (tertiary alicyclic amines) is 1. The van der Waals surface area contributed by atoms with E-state index < -0.39 is 11.7 Å². The Kier molecular flexibility index (Phi) is 7.64. The molecule has 4 rings (SSSR count). The molecular weight excluding hydrogens is 420 g/mol. The number of amides is 1. The number of carbonyl (C=O) groups is 1. The molecule has 2 saturated heterocycles. The van der Waals surface area contributed by atoms with Gasteiger partial charge in [0.05, 0.1) is 13.2 Å². The second kappa shape index (κ2) is 10.2. The molecule has 0 aliphatic carbocycles. The summed E-state index contributed by atoms with van der Waals surface area (Å²) in [5.74, 6) is 1.26. The van der Waals surface area contributed by atoms with Crippen LogP contribution in [-0.4, -0.2) is 61.2 Å². The number of hydrogen-bond donors (Lipinski definition) is 2. The van der Waals surface area contributed by atoms with Gasteiger partial charge in [-0.1, -0.05) is 42.5 Å². The second-order valence-electron chi connectivity index (χ2n) is 7.86. The van der Waals surface area contributed by atoms with Crippen molar-refractivity contribution >= 4 is 18.5 Å². The van der Waals surface area contributed by atoms with Crippen LogP contribution in [0.1, 0.15) is 24.4 Å². The van der Waals surface area contributed by atoms with Gasteiger partial charge in [0, 0.05) is 32.5 Å². The van der Waals surface area contributed by atoms with Gasteiger partial charge in [0.1, 0.15) is 18.3 Å². The number of rotatable bonds is 7. The van der Waals surface area contributed by atoms with Crippen LogP contribution in [0.4, 0.5) is 4.79 Å². The Morgan fingerprint density at radius 1 is 1.13 bits per heavy atom. The van der Waals surface area contributed by atoms with Crippen molar-refractivity contribution in [1.29, 1.82) is 0 Å². The lowest BCUT2D eigenvalue weighted by atomic mass is 9.81. The van der Waals surface area contributed by atoms with Gasteiger partial charge in [0.15, 0.2) is 11.5 Å². The highest BCUT2D eigenvalue weighted by Gasteiger charge is 2.51. The van der Waals surface area contributed by atoms with E-state index in [0.29, 0.717) is 30.9 Å². The summed E-state index contributed by atoms with van der Waals surface area (Å²) in [7, 11) is 1.59. The van der Waals surface area contributed by atoms with Gasteiger partial charge in [-0.25, -0.2) is 4.79 Å². The molecule has 0 bridgehead atoms. The molecule has 168 valence electrons. The molecular formula is C23H29ClN2O5. The molecule has 0 saturated carbocycles. The molecule has 31 heavy (non-hydrogen) atoms. The third kappa shape index (κ3) is 5.23. The Balaban J connectivity index is 0.00000272. The lowest BCUT2D eigenvalue weighted by molar-refractivity contribution is -0.0307. The quantitative estimate of drug-likeness (QED) is 0.677. The zero-order valence-electron chi connectivity index (χ0n) is 17.5. The SMILES string of the molecule is COc1ccccc1OCC(O)CN1CCC2(CC1)OC(=O)NC2c1ccccc1.Cl. The number of nitrogens with one attached hydrogen (secondary N) is 1. The van der Waals surface area contributed by atoms with Gasteiger partial charge in [-0.15, -0.1) is 12.4 Å². The molecule has 0 aromatic heterocycles. The van der Waals surface area contributed by atoms with Crippen LogP contribution in [0.25, 0.3) is 0 Å². The van der Waals surface area contributed by atoms with Crippen molar-refractivity contribution in [2.75, 3.05) is 33.4 Å². The lowest BCUT2D eigenvalue weighted by Gasteiger charge is -2.41. The largest absolute Gasteiger partial charge is 0.493 e. The molecule has 2 fully saturated rings. The van der Waals surface area contributed by atoms with Gasteiger partial charge < -0.3 is 29.5 Å². The summed E-state index contributed by atoms with van der Waals surface area (Å²) in [6, 6.07) is 17.2. The maximum absolute atomic E-state index is 12.0. The first-order valence-corrected chi connectivity index (χ1v) is 10.3. The van der Waals surface area contributed by atoms with Gasteiger partial charge in [0.25, 0.3) is 0 Å². The zero-order chi connectivity index (χ0) is 21.0. The molecule has 2 aliphatic rings. The molecule has 2 aliphatic heterocycles. The summed E-state index contributed by atoms with van der Waals surface area (Å²) in [4.78, 5) is 14.2. The number of methoxy groups -OCH3 is 1. The molecule has 8 heteroatoms. The molecule has 2 aromatic rings. The van der Waals surface area contributed by atoms with E-state index in [-0.39, 0.29) is 31.1 Å². The number of ether oxygens (including phenoxy) is 3. The van der Waals surface area contributed by atoms with Crippen molar-refractivity contribution in [2.24, 2.45) is 0 Å². The highest BCUT2D eigenvalue weighted by Crippen LogP contribution is 2.42. The van der Waals surface area contributed by atoms with E-state index in [1.807, 2.05) is 54.6 Å². The van der Waals surface area contributed by atoms with Crippen LogP contribution in [0.2, 0.25) is 0 Å². The number of halogens is 1. The van der Waals surface area contributed by atoms with Gasteiger partial charge in [0.2, 0.25) is 0 Å². The van der Waals surface area contributed by atoms with Crippen molar-refractivity contribution in [1.82, 2.24) is 10.2 Å². The Bertz CT molecular complexity index is 858. The Hall–Kier alpha value is -2.48. The fourth-order valence-electron chi connectivity index (χ4n) is 4.33. The number of aliphatic hydroxyl groups excluding tert-OH is 1. The summed E-state index contributed by atoms with van der Waals surface area (Å²) >= 11 is 0. The number of alkyl carbamates (subject to hydrolysis) is 1. The number of aliphatic hydroxyl groups is 1. The number of para-hydroxylation sites is 2. The fourth-order valence-corrected chi connectivity index (χ4v) is 4.33. The van der Waals surface area contributed by atoms with Crippen LogP contribution in [0, 0.1) is 0 Å². The molecule has 7 nitrogen and oxygen atoms in total. The smallest absolute Gasteiger partial charge is 0.408 e. The minimum absolute atomic E-state index is 0. The number of piperidine rings is 1. The van der Waals surface area contributed by atoms with E-state index in [9.17, 15) is 9.90 Å². The lowest BCUT2D eigenvalue weighted by Crippen LogP contribution is -2.50. The van der Waals surface area contributed by atoms with Crippen molar-refractivity contribution in [3.63, 3.8) is 0 Å². The monoisotopic (exact) mass is 448 g/mol. The molecule has 2 heterocycles. The number of β-amino-alcohol motifs (C(OH)–C–C–N with tert-alkyl or cyclic N) is 1. The predicted molar refractivity (Wildman–Crippen MR) is 119 cm³/mol. The Labute approximate surface area is 188 Å². The van der Waals surface area contributed by atoms with Crippen molar-refractivity contribution in [3.8, 4) is 11.5 Å². The summed E-state index contributed by atoms with van der Waals surface area (Å²) in [6.07, 6.45) is 0.442. The molecule has 1 amide bonds. The predicted octanol–water partition coefficient (Wildman–Crippen LogP) is 3.17. The van der Waals surface area contributed by atoms with Gasteiger partial charge in [-0.05, 0) is 17.7 Å². The number of benzene rings is 2. The number of nitrogens with zero attached hydrogens (tertiary/aromatic N) is 1. The summed E-state index contributed by atoms with van der Waals surface area (Å²) in [5.41, 5.74) is 0.524. The Morgan fingerprint density at radius 3 is 2.45 bits per heavy atom. The van der Waals surface area contributed by atoms with Gasteiger partial charge in [-0.3, -0.25) is 0 Å². The zero-order valence-corrected chi connectivity index (χ0v) is 18.3. The first-order chi connectivity index (χ1) is 14.6. The maximum Gasteiger partial charge on any atom is 0.408 e. The van der Waals surface area contributed by atoms with Gasteiger partial charge in [-0.2, -0.15) is 0 Å². The van der Waals surface area contributed by atoms with Crippen molar-refractivity contribution in [3.05, 3.63) is 60.2 Å². The number of hydrogen-bond acceptors (Lipinski definition) is 6. The van der Waals surface area contributed by atoms with Crippen LogP contribution in [-0.2, 0) is 4.74 Å². The topological polar surface area (TPSA) is 80.3 Å². The van der Waals surface area contributed by atoms with E-state index in [4.69, 9.17) is 14.2 Å². The van der Waals surface area contributed by atoms with E-state index in [1.54, 1.807) is 7.11 Å². The molecule has 0 radical (unpaired) electrons. The average molecular weight is 449 g/mol. The normalized spacial score (nSPS) is 21.0. The van der Waals surface area contributed by atoms with Crippen LogP contribution >= 0.6 is 12.4 Å². The average Bonchev–Trinajstić information content (AvgIpc) is 3.10. The maximum atomic E-state index is 12.0. The molecule has 2 atom stereocenters. The summed E-state index contributed by atoms with van der Waals surface area (Å²) < 4.78 is 16.8. The second-order valence-corrected chi connectivity index (χ2v) is 7.86. The van der Waals surface area contributed by atoms with Crippen molar-refractivity contribution < 1.29 is 24.1 Å². The Morgan fingerprint density at radius 2 is 1.77 bits per heavy atom. The van der Waals surface area contributed by atoms with Gasteiger partial charge >= 0.3 is 6.09 Å². The fraction of sp³-hybridized carbons (Fsp3) is 0.435. The van der Waals surface area contributed by atoms with Crippen LogP contribution in [0.15, 0.2) is 54.6 Å². The molecule has 2 unspecified atom stereocenters. The number of carbonyl (C=O) groups excluding carboxylic acids is 1. The van der Waals surface area contributed by atoms with E-state index in [2.05, 4.69) is 10.2 Å². The minimum atomic E-state index is -0.627. The minimum Gasteiger partial charge on any atom is -0.493 e. The standard InChI is InChI=1S/C23H28N2O5.ClH/c1-28-19-9-5-6-10-20(19)29-16-18(26)15-25-13-11-23(12-14-25)21(24-22(27)30-23)17-7-3-2-4-8-17;/h2-10,18,21,26H,11-16H2,1H3,(H,24,27);1H. The third-order valence-electron chi connectivity index (χ3n) is 5.89. The highest BCUT2D eigenvalue weighted by molar-refractivity contribution is 5.85. The van der Waals surface area contributed by atoms with Crippen LogP contribution in [0.3, 0.4) is 0 Å². The summed E-state index contributed by atoms with van der Waals surface area (Å²) in [5, 5.41) is 13.4. The summed E-state index contributed by atoms with van der Waals surface area (Å²) in [6.45, 7) is 2.17. The molecule has 2 N–H and O–H groups in total. The highest BCUT2D eigenvalue weighted by atomic mass is 35.5. The van der Waals surface area contributed by atoms with E-state index >= 15 is 0 Å². The van der Waals surface area contributed by atoms with Crippen molar-refractivity contribution in [2.45, 2.75) is 30.6 Å². The van der Waals surface area contributed by atoms with E-state index in [0.717, 1.165) is 18.7 Å². The molecule has 1 spiro atoms. The first kappa shape index (κ1) is 23.2. The van der Waals surface area contributed by atoms with Crippen LogP contribution in [0.5, 0.6) is 11.5 Å². The van der Waals surface area contributed by atoms with Crippen LogP contribution < -0.4 is 14.8 Å². The van der Waals surface area contributed by atoms with E-state index in [1.165, 1.54) is 0 Å². The third-order valence-corrected chi connectivity index (χ3v) is 5.89. The molecule has 2 aromatic carbocycles. The first-order valence-electron chi connectivity index (χ1n) is 10.3.